The molecule has 0 aromatic heterocycles. The molecule has 0 bridgehead atoms. The highest BCUT2D eigenvalue weighted by Crippen LogP contribution is 2.22. The lowest BCUT2D eigenvalue weighted by Gasteiger charge is -2.17. The van der Waals surface area contributed by atoms with Crippen molar-refractivity contribution < 1.29 is 14.6 Å². The number of aromatic hydroxyl groups is 1. The van der Waals surface area contributed by atoms with E-state index in [4.69, 9.17) is 4.74 Å². The normalized spacial score (nSPS) is 12.1. The standard InChI is InChI=1S/C27H46O3/c1-3-5-7-9-11-12-14-16-20-24(19-15-13-10-8-6-4-2)23-30-27(29)25-21-17-18-22-26(25)28/h17-18,21-22,24,28H,3-16,19-20,23H2,1-2H3. The van der Waals surface area contributed by atoms with Gasteiger partial charge in [-0.05, 0) is 30.9 Å². The molecule has 0 radical (unpaired) electrons. The lowest BCUT2D eigenvalue weighted by molar-refractivity contribution is 0.0419. The van der Waals surface area contributed by atoms with Crippen molar-refractivity contribution >= 4 is 5.97 Å². The Morgan fingerprint density at radius 3 is 1.73 bits per heavy atom. The van der Waals surface area contributed by atoms with Crippen LogP contribution in [0.15, 0.2) is 24.3 Å². The Hall–Kier alpha value is -1.51. The number of benzene rings is 1. The summed E-state index contributed by atoms with van der Waals surface area (Å²) in [5, 5.41) is 9.87. The van der Waals surface area contributed by atoms with E-state index in [0.717, 1.165) is 12.8 Å². The van der Waals surface area contributed by atoms with Crippen molar-refractivity contribution in [2.45, 2.75) is 117 Å². The van der Waals surface area contributed by atoms with Crippen LogP contribution in [-0.4, -0.2) is 17.7 Å². The van der Waals surface area contributed by atoms with Gasteiger partial charge in [-0.3, -0.25) is 0 Å². The van der Waals surface area contributed by atoms with Gasteiger partial charge in [0.2, 0.25) is 0 Å². The minimum Gasteiger partial charge on any atom is -0.507 e. The number of phenols is 1. The van der Waals surface area contributed by atoms with Crippen LogP contribution >= 0.6 is 0 Å². The van der Waals surface area contributed by atoms with Crippen molar-refractivity contribution in [1.82, 2.24) is 0 Å². The highest BCUT2D eigenvalue weighted by atomic mass is 16.5. The zero-order valence-electron chi connectivity index (χ0n) is 19.7. The van der Waals surface area contributed by atoms with Crippen molar-refractivity contribution in [2.24, 2.45) is 5.92 Å². The molecule has 1 N–H and O–H groups in total. The summed E-state index contributed by atoms with van der Waals surface area (Å²) in [6, 6.07) is 6.63. The Morgan fingerprint density at radius 1 is 0.767 bits per heavy atom. The van der Waals surface area contributed by atoms with Crippen LogP contribution in [0.1, 0.15) is 127 Å². The highest BCUT2D eigenvalue weighted by molar-refractivity contribution is 5.92. The van der Waals surface area contributed by atoms with Gasteiger partial charge in [0.1, 0.15) is 11.3 Å². The van der Waals surface area contributed by atoms with Gasteiger partial charge in [0.25, 0.3) is 0 Å². The molecular weight excluding hydrogens is 372 g/mol. The number of hydrogen-bond acceptors (Lipinski definition) is 3. The first-order chi connectivity index (χ1) is 14.7. The van der Waals surface area contributed by atoms with Crippen molar-refractivity contribution in [3.05, 3.63) is 29.8 Å². The maximum absolute atomic E-state index is 12.3. The van der Waals surface area contributed by atoms with Gasteiger partial charge in [-0.2, -0.15) is 0 Å². The number of esters is 1. The van der Waals surface area contributed by atoms with Crippen LogP contribution in [0.25, 0.3) is 0 Å². The summed E-state index contributed by atoms with van der Waals surface area (Å²) in [5.74, 6) is 0.0288. The van der Waals surface area contributed by atoms with Crippen LogP contribution in [0.5, 0.6) is 5.75 Å². The van der Waals surface area contributed by atoms with Gasteiger partial charge in [0.05, 0.1) is 6.61 Å². The van der Waals surface area contributed by atoms with E-state index in [1.807, 2.05) is 0 Å². The molecular formula is C27H46O3. The van der Waals surface area contributed by atoms with Crippen molar-refractivity contribution in [1.29, 1.82) is 0 Å². The SMILES string of the molecule is CCCCCCCCCCC(CCCCCCCC)COC(=O)c1ccccc1O. The number of carbonyl (C=O) groups is 1. The van der Waals surface area contributed by atoms with Crippen LogP contribution in [0.3, 0.4) is 0 Å². The predicted octanol–water partition coefficient (Wildman–Crippen LogP) is 8.45. The van der Waals surface area contributed by atoms with Gasteiger partial charge in [0, 0.05) is 0 Å². The van der Waals surface area contributed by atoms with Gasteiger partial charge in [-0.1, -0.05) is 116 Å². The molecule has 0 aliphatic rings. The number of rotatable bonds is 19. The first kappa shape index (κ1) is 26.5. The van der Waals surface area contributed by atoms with Crippen LogP contribution in [0.4, 0.5) is 0 Å². The van der Waals surface area contributed by atoms with Gasteiger partial charge in [-0.25, -0.2) is 4.79 Å². The van der Waals surface area contributed by atoms with Gasteiger partial charge in [0.15, 0.2) is 0 Å². The summed E-state index contributed by atoms with van der Waals surface area (Å²) in [6.45, 7) is 4.98. The zero-order chi connectivity index (χ0) is 21.9. The molecule has 0 saturated heterocycles. The van der Waals surface area contributed by atoms with E-state index in [1.165, 1.54) is 96.0 Å². The lowest BCUT2D eigenvalue weighted by Crippen LogP contribution is -2.15. The Balaban J connectivity index is 2.34. The second-order valence-electron chi connectivity index (χ2n) is 8.80. The second kappa shape index (κ2) is 18.3. The third-order valence-corrected chi connectivity index (χ3v) is 6.01. The van der Waals surface area contributed by atoms with Crippen molar-refractivity contribution in [3.8, 4) is 5.75 Å². The molecule has 3 heteroatoms. The van der Waals surface area contributed by atoms with E-state index in [2.05, 4.69) is 13.8 Å². The maximum Gasteiger partial charge on any atom is 0.341 e. The number of para-hydroxylation sites is 1. The molecule has 1 rings (SSSR count). The van der Waals surface area contributed by atoms with E-state index in [1.54, 1.807) is 18.2 Å². The predicted molar refractivity (Wildman–Crippen MR) is 127 cm³/mol. The Morgan fingerprint density at radius 2 is 1.23 bits per heavy atom. The molecule has 1 unspecified atom stereocenters. The molecule has 1 aromatic carbocycles. The van der Waals surface area contributed by atoms with E-state index in [-0.39, 0.29) is 11.3 Å². The van der Waals surface area contributed by atoms with E-state index in [0.29, 0.717) is 12.5 Å². The number of hydrogen-bond donors (Lipinski definition) is 1. The molecule has 0 amide bonds. The molecule has 0 fully saturated rings. The monoisotopic (exact) mass is 418 g/mol. The lowest BCUT2D eigenvalue weighted by atomic mass is 9.94. The maximum atomic E-state index is 12.3. The molecule has 172 valence electrons. The van der Waals surface area contributed by atoms with Crippen molar-refractivity contribution in [2.75, 3.05) is 6.61 Å². The fourth-order valence-electron chi connectivity index (χ4n) is 4.01. The number of carbonyl (C=O) groups excluding carboxylic acids is 1. The summed E-state index contributed by atoms with van der Waals surface area (Å²) in [7, 11) is 0. The van der Waals surface area contributed by atoms with Crippen LogP contribution < -0.4 is 0 Å². The Labute approximate surface area is 185 Å². The minimum atomic E-state index is -0.406. The molecule has 3 nitrogen and oxygen atoms in total. The van der Waals surface area contributed by atoms with Gasteiger partial charge in [-0.15, -0.1) is 0 Å². The molecule has 1 atom stereocenters. The summed E-state index contributed by atoms with van der Waals surface area (Å²) in [5.41, 5.74) is 0.267. The summed E-state index contributed by atoms with van der Waals surface area (Å²) >= 11 is 0. The van der Waals surface area contributed by atoms with Crippen LogP contribution in [-0.2, 0) is 4.74 Å². The molecule has 30 heavy (non-hydrogen) atoms. The summed E-state index contributed by atoms with van der Waals surface area (Å²) in [4.78, 5) is 12.3. The van der Waals surface area contributed by atoms with Gasteiger partial charge < -0.3 is 9.84 Å². The summed E-state index contributed by atoms with van der Waals surface area (Å²) in [6.07, 6.45) is 20.6. The smallest absolute Gasteiger partial charge is 0.341 e. The minimum absolute atomic E-state index is 0.00181. The quantitative estimate of drug-likeness (QED) is 0.181. The third kappa shape index (κ3) is 12.9. The highest BCUT2D eigenvalue weighted by Gasteiger charge is 2.15. The van der Waals surface area contributed by atoms with Crippen LogP contribution in [0, 0.1) is 5.92 Å². The molecule has 0 aliphatic heterocycles. The first-order valence-electron chi connectivity index (χ1n) is 12.6. The second-order valence-corrected chi connectivity index (χ2v) is 8.80. The first-order valence-corrected chi connectivity index (χ1v) is 12.6. The van der Waals surface area contributed by atoms with Crippen molar-refractivity contribution in [3.63, 3.8) is 0 Å². The Kier molecular flexibility index (Phi) is 16.2. The van der Waals surface area contributed by atoms with Gasteiger partial charge >= 0.3 is 5.97 Å². The molecule has 0 heterocycles. The van der Waals surface area contributed by atoms with E-state index < -0.39 is 5.97 Å². The molecule has 0 spiro atoms. The van der Waals surface area contributed by atoms with Crippen LogP contribution in [0.2, 0.25) is 0 Å². The average Bonchev–Trinajstić information content (AvgIpc) is 2.75. The zero-order valence-corrected chi connectivity index (χ0v) is 19.7. The van der Waals surface area contributed by atoms with E-state index in [9.17, 15) is 9.90 Å². The molecule has 0 saturated carbocycles. The fraction of sp³-hybridized carbons (Fsp3) is 0.741. The molecule has 0 aliphatic carbocycles. The summed E-state index contributed by atoms with van der Waals surface area (Å²) < 4.78 is 5.59. The number of ether oxygens (including phenoxy) is 1. The van der Waals surface area contributed by atoms with E-state index >= 15 is 0 Å². The third-order valence-electron chi connectivity index (χ3n) is 6.01. The number of phenolic OH excluding ortho intramolecular Hbond substituents is 1. The largest absolute Gasteiger partial charge is 0.507 e. The average molecular weight is 419 g/mol. The molecule has 1 aromatic rings. The Bertz CT molecular complexity index is 541. The number of unbranched alkanes of at least 4 members (excludes halogenated alkanes) is 12. The topological polar surface area (TPSA) is 46.5 Å². The fourth-order valence-corrected chi connectivity index (χ4v) is 4.01.